The molecule has 0 aliphatic carbocycles. The first-order valence-electron chi connectivity index (χ1n) is 7.88. The Hall–Kier alpha value is -2.34. The van der Waals surface area contributed by atoms with Crippen LogP contribution in [0.1, 0.15) is 30.9 Å². The number of aromatic nitrogens is 2. The quantitative estimate of drug-likeness (QED) is 0.696. The largest absolute Gasteiger partial charge is 0.396 e. The molecule has 6 nitrogen and oxygen atoms in total. The van der Waals surface area contributed by atoms with Crippen LogP contribution in [-0.4, -0.2) is 33.6 Å². The van der Waals surface area contributed by atoms with Crippen LogP contribution in [0.5, 0.6) is 0 Å². The average Bonchev–Trinajstić information content (AvgIpc) is 3.05. The Balaban J connectivity index is 1.86. The molecule has 0 radical (unpaired) electrons. The smallest absolute Gasteiger partial charge is 0.315 e. The summed E-state index contributed by atoms with van der Waals surface area (Å²) in [6.45, 7) is 3.23. The molecule has 0 aliphatic heterocycles. The molecule has 0 fully saturated rings. The van der Waals surface area contributed by atoms with Gasteiger partial charge in [0, 0.05) is 31.6 Å². The summed E-state index contributed by atoms with van der Waals surface area (Å²) in [6.07, 6.45) is 5.12. The number of carbonyl (C=O) groups is 1. The van der Waals surface area contributed by atoms with Gasteiger partial charge in [0.05, 0.1) is 6.54 Å². The summed E-state index contributed by atoms with van der Waals surface area (Å²) >= 11 is 0. The van der Waals surface area contributed by atoms with Crippen molar-refractivity contribution in [3.63, 3.8) is 0 Å². The van der Waals surface area contributed by atoms with E-state index in [2.05, 4.69) is 15.7 Å². The fraction of sp³-hybridized carbons (Fsp3) is 0.412. The highest BCUT2D eigenvalue weighted by Crippen LogP contribution is 2.10. The minimum Gasteiger partial charge on any atom is -0.396 e. The van der Waals surface area contributed by atoms with E-state index in [4.69, 9.17) is 5.11 Å². The third kappa shape index (κ3) is 5.75. The van der Waals surface area contributed by atoms with Gasteiger partial charge in [-0.3, -0.25) is 4.68 Å². The molecule has 124 valence electrons. The zero-order valence-corrected chi connectivity index (χ0v) is 13.4. The maximum absolute atomic E-state index is 11.9. The Bertz CT molecular complexity index is 598. The van der Waals surface area contributed by atoms with Gasteiger partial charge in [0.25, 0.3) is 0 Å². The van der Waals surface area contributed by atoms with Crippen LogP contribution in [0.15, 0.2) is 42.7 Å². The molecule has 1 aromatic heterocycles. The Morgan fingerprint density at radius 2 is 2.09 bits per heavy atom. The zero-order chi connectivity index (χ0) is 16.5. The van der Waals surface area contributed by atoms with Crippen molar-refractivity contribution in [3.8, 4) is 0 Å². The molecule has 0 saturated carbocycles. The fourth-order valence-corrected chi connectivity index (χ4v) is 2.37. The molecule has 3 N–H and O–H groups in total. The van der Waals surface area contributed by atoms with Gasteiger partial charge in [-0.05, 0) is 37.0 Å². The lowest BCUT2D eigenvalue weighted by molar-refractivity contribution is 0.234. The molecule has 0 spiro atoms. The number of nitrogens with one attached hydrogen (secondary N) is 2. The third-order valence-corrected chi connectivity index (χ3v) is 3.62. The second kappa shape index (κ2) is 8.95. The zero-order valence-electron chi connectivity index (χ0n) is 13.4. The number of rotatable bonds is 8. The standard InChI is InChI=1S/C17H24N4O2/c1-14(6-4-11-22)20-17(23)18-12-15-7-2-3-8-16(15)13-21-10-5-9-19-21/h2-3,5,7-10,14,22H,4,6,11-13H2,1H3,(H2,18,20,23). The van der Waals surface area contributed by atoms with Gasteiger partial charge in [-0.15, -0.1) is 0 Å². The maximum atomic E-state index is 11.9. The van der Waals surface area contributed by atoms with Gasteiger partial charge in [0.1, 0.15) is 0 Å². The van der Waals surface area contributed by atoms with Crippen LogP contribution in [0.3, 0.4) is 0 Å². The van der Waals surface area contributed by atoms with Crippen LogP contribution in [0.25, 0.3) is 0 Å². The summed E-state index contributed by atoms with van der Waals surface area (Å²) in [6, 6.07) is 9.74. The first-order valence-corrected chi connectivity index (χ1v) is 7.88. The molecular weight excluding hydrogens is 292 g/mol. The summed E-state index contributed by atoms with van der Waals surface area (Å²) in [5.74, 6) is 0. The lowest BCUT2D eigenvalue weighted by atomic mass is 10.1. The molecule has 0 saturated heterocycles. The van der Waals surface area contributed by atoms with Crippen LogP contribution < -0.4 is 10.6 Å². The first-order chi connectivity index (χ1) is 11.2. The predicted molar refractivity (Wildman–Crippen MR) is 88.9 cm³/mol. The van der Waals surface area contributed by atoms with E-state index in [1.165, 1.54) is 0 Å². The second-order valence-electron chi connectivity index (χ2n) is 5.57. The molecule has 2 aromatic rings. The third-order valence-electron chi connectivity index (χ3n) is 3.62. The molecular formula is C17H24N4O2. The molecule has 0 bridgehead atoms. The molecule has 1 atom stereocenters. The molecule has 1 heterocycles. The monoisotopic (exact) mass is 316 g/mol. The van der Waals surface area contributed by atoms with Crippen molar-refractivity contribution in [3.05, 3.63) is 53.9 Å². The van der Waals surface area contributed by atoms with E-state index in [1.54, 1.807) is 6.20 Å². The number of hydrogen-bond donors (Lipinski definition) is 3. The summed E-state index contributed by atoms with van der Waals surface area (Å²) in [5, 5.41) is 18.8. The molecule has 1 aromatic carbocycles. The highest BCUT2D eigenvalue weighted by atomic mass is 16.3. The molecule has 23 heavy (non-hydrogen) atoms. The van der Waals surface area contributed by atoms with E-state index in [-0.39, 0.29) is 18.7 Å². The number of benzene rings is 1. The van der Waals surface area contributed by atoms with Gasteiger partial charge < -0.3 is 15.7 Å². The van der Waals surface area contributed by atoms with E-state index < -0.39 is 0 Å². The minimum atomic E-state index is -0.190. The second-order valence-corrected chi connectivity index (χ2v) is 5.57. The Morgan fingerprint density at radius 1 is 1.30 bits per heavy atom. The average molecular weight is 316 g/mol. The molecule has 2 amide bonds. The maximum Gasteiger partial charge on any atom is 0.315 e. The first kappa shape index (κ1) is 17.0. The minimum absolute atomic E-state index is 0.0430. The van der Waals surface area contributed by atoms with Crippen molar-refractivity contribution in [2.75, 3.05) is 6.61 Å². The van der Waals surface area contributed by atoms with Crippen molar-refractivity contribution in [2.45, 2.75) is 38.9 Å². The van der Waals surface area contributed by atoms with Gasteiger partial charge in [-0.2, -0.15) is 5.10 Å². The van der Waals surface area contributed by atoms with E-state index in [1.807, 2.05) is 48.1 Å². The van der Waals surface area contributed by atoms with Crippen LogP contribution in [0.4, 0.5) is 4.79 Å². The number of nitrogens with zero attached hydrogens (tertiary/aromatic N) is 2. The molecule has 0 aliphatic rings. The van der Waals surface area contributed by atoms with Gasteiger partial charge in [-0.25, -0.2) is 4.79 Å². The number of aliphatic hydroxyl groups excluding tert-OH is 1. The van der Waals surface area contributed by atoms with Gasteiger partial charge in [-0.1, -0.05) is 24.3 Å². The Kier molecular flexibility index (Phi) is 6.62. The predicted octanol–water partition coefficient (Wildman–Crippen LogP) is 1.89. The van der Waals surface area contributed by atoms with E-state index in [0.717, 1.165) is 17.5 Å². The van der Waals surface area contributed by atoms with Crippen molar-refractivity contribution < 1.29 is 9.90 Å². The highest BCUT2D eigenvalue weighted by Gasteiger charge is 2.08. The Labute approximate surface area is 136 Å². The summed E-state index contributed by atoms with van der Waals surface area (Å²) in [7, 11) is 0. The van der Waals surface area contributed by atoms with Gasteiger partial charge in [0.15, 0.2) is 0 Å². The van der Waals surface area contributed by atoms with Crippen molar-refractivity contribution in [2.24, 2.45) is 0 Å². The van der Waals surface area contributed by atoms with E-state index in [9.17, 15) is 4.79 Å². The fourth-order valence-electron chi connectivity index (χ4n) is 2.37. The normalized spacial score (nSPS) is 11.9. The number of carbonyl (C=O) groups excluding carboxylic acids is 1. The van der Waals surface area contributed by atoms with Crippen molar-refractivity contribution in [1.29, 1.82) is 0 Å². The van der Waals surface area contributed by atoms with Crippen LogP contribution >= 0.6 is 0 Å². The summed E-state index contributed by atoms with van der Waals surface area (Å²) in [5.41, 5.74) is 2.20. The van der Waals surface area contributed by atoms with Crippen molar-refractivity contribution in [1.82, 2.24) is 20.4 Å². The summed E-state index contributed by atoms with van der Waals surface area (Å²) < 4.78 is 1.86. The van der Waals surface area contributed by atoms with Crippen molar-refractivity contribution >= 4 is 6.03 Å². The molecule has 2 rings (SSSR count). The SMILES string of the molecule is CC(CCCO)NC(=O)NCc1ccccc1Cn1cccn1. The molecule has 1 unspecified atom stereocenters. The highest BCUT2D eigenvalue weighted by molar-refractivity contribution is 5.74. The molecule has 6 heteroatoms. The van der Waals surface area contributed by atoms with Crippen LogP contribution in [0.2, 0.25) is 0 Å². The lowest BCUT2D eigenvalue weighted by Gasteiger charge is -2.15. The summed E-state index contributed by atoms with van der Waals surface area (Å²) in [4.78, 5) is 11.9. The van der Waals surface area contributed by atoms with Gasteiger partial charge in [0.2, 0.25) is 0 Å². The Morgan fingerprint density at radius 3 is 2.78 bits per heavy atom. The topological polar surface area (TPSA) is 79.2 Å². The van der Waals surface area contributed by atoms with E-state index in [0.29, 0.717) is 19.5 Å². The number of amides is 2. The number of aliphatic hydroxyl groups is 1. The van der Waals surface area contributed by atoms with E-state index >= 15 is 0 Å². The number of urea groups is 1. The number of hydrogen-bond acceptors (Lipinski definition) is 3. The van der Waals surface area contributed by atoms with Crippen LogP contribution in [0, 0.1) is 0 Å². The van der Waals surface area contributed by atoms with Gasteiger partial charge >= 0.3 is 6.03 Å². The van der Waals surface area contributed by atoms with Crippen LogP contribution in [-0.2, 0) is 13.1 Å². The lowest BCUT2D eigenvalue weighted by Crippen LogP contribution is -2.40.